The van der Waals surface area contributed by atoms with E-state index in [1.54, 1.807) is 6.92 Å². The Morgan fingerprint density at radius 1 is 1.64 bits per heavy atom. The van der Waals surface area contributed by atoms with Gasteiger partial charge in [0, 0.05) is 11.8 Å². The first-order chi connectivity index (χ1) is 5.24. The average molecular weight is 180 g/mol. The van der Waals surface area contributed by atoms with E-state index >= 15 is 0 Å². The van der Waals surface area contributed by atoms with Gasteiger partial charge in [-0.15, -0.1) is 4.51 Å². The van der Waals surface area contributed by atoms with Crippen molar-refractivity contribution in [3.63, 3.8) is 0 Å². The van der Waals surface area contributed by atoms with E-state index in [1.165, 1.54) is 7.11 Å². The molecule has 0 heterocycles. The van der Waals surface area contributed by atoms with E-state index in [9.17, 15) is 4.79 Å². The van der Waals surface area contributed by atoms with Gasteiger partial charge in [-0.1, -0.05) is 0 Å². The lowest BCUT2D eigenvalue weighted by Gasteiger charge is -2.02. The third-order valence-corrected chi connectivity index (χ3v) is 1.12. The summed E-state index contributed by atoms with van der Waals surface area (Å²) in [6.45, 7) is 2.21. The van der Waals surface area contributed by atoms with Crippen LogP contribution in [0.15, 0.2) is 4.51 Å². The zero-order valence-corrected chi connectivity index (χ0v) is 7.22. The lowest BCUT2D eigenvalue weighted by Crippen LogP contribution is -2.11. The third-order valence-electron chi connectivity index (χ3n) is 0.928. The van der Waals surface area contributed by atoms with Crippen LogP contribution in [0.25, 0.3) is 0 Å². The zero-order chi connectivity index (χ0) is 8.69. The molecule has 0 saturated heterocycles. The van der Waals surface area contributed by atoms with Crippen molar-refractivity contribution in [2.75, 3.05) is 13.7 Å². The Kier molecular flexibility index (Phi) is 5.56. The first-order valence-corrected chi connectivity index (χ1v) is 3.45. The van der Waals surface area contributed by atoms with E-state index in [1.807, 2.05) is 0 Å². The van der Waals surface area contributed by atoms with Crippen LogP contribution in [-0.2, 0) is 14.3 Å². The SMILES string of the molecule is CCOC(CC(=O)OC)=NCl. The number of halogens is 1. The maximum Gasteiger partial charge on any atom is 0.314 e. The van der Waals surface area contributed by atoms with Crippen molar-refractivity contribution in [1.29, 1.82) is 0 Å². The van der Waals surface area contributed by atoms with Crippen LogP contribution < -0.4 is 0 Å². The van der Waals surface area contributed by atoms with Gasteiger partial charge in [0.2, 0.25) is 5.90 Å². The summed E-state index contributed by atoms with van der Waals surface area (Å²) in [6.07, 6.45) is -0.0200. The molecule has 0 unspecified atom stereocenters. The molecule has 0 aliphatic heterocycles. The Balaban J connectivity index is 3.79. The molecule has 0 atom stereocenters. The van der Waals surface area contributed by atoms with Crippen molar-refractivity contribution >= 4 is 23.6 Å². The highest BCUT2D eigenvalue weighted by Gasteiger charge is 2.07. The van der Waals surface area contributed by atoms with E-state index in [-0.39, 0.29) is 12.3 Å². The van der Waals surface area contributed by atoms with Crippen LogP contribution in [0.3, 0.4) is 0 Å². The summed E-state index contributed by atoms with van der Waals surface area (Å²) in [4.78, 5) is 10.6. The van der Waals surface area contributed by atoms with Gasteiger partial charge in [0.05, 0.1) is 13.7 Å². The third kappa shape index (κ3) is 4.61. The minimum absolute atomic E-state index is 0.0200. The smallest absolute Gasteiger partial charge is 0.314 e. The molecule has 0 aromatic heterocycles. The fraction of sp³-hybridized carbons (Fsp3) is 0.667. The molecular formula is C6H10ClNO3. The van der Waals surface area contributed by atoms with E-state index in [4.69, 9.17) is 16.5 Å². The number of esters is 1. The number of hydrogen-bond acceptors (Lipinski definition) is 4. The van der Waals surface area contributed by atoms with Gasteiger partial charge in [-0.2, -0.15) is 0 Å². The van der Waals surface area contributed by atoms with Crippen molar-refractivity contribution in [3.05, 3.63) is 0 Å². The van der Waals surface area contributed by atoms with E-state index < -0.39 is 5.97 Å². The number of ether oxygens (including phenoxy) is 2. The summed E-state index contributed by atoms with van der Waals surface area (Å²) in [5, 5.41) is 0. The minimum atomic E-state index is -0.419. The molecule has 0 rings (SSSR count). The maximum absolute atomic E-state index is 10.6. The zero-order valence-electron chi connectivity index (χ0n) is 6.46. The van der Waals surface area contributed by atoms with Gasteiger partial charge in [-0.3, -0.25) is 4.79 Å². The Hall–Kier alpha value is -0.770. The van der Waals surface area contributed by atoms with Gasteiger partial charge in [0.25, 0.3) is 0 Å². The molecule has 0 aromatic rings. The van der Waals surface area contributed by atoms with Crippen LogP contribution in [0.1, 0.15) is 13.3 Å². The number of hydrogen-bond donors (Lipinski definition) is 0. The monoisotopic (exact) mass is 179 g/mol. The summed E-state index contributed by atoms with van der Waals surface area (Å²) in [5.74, 6) is -0.237. The molecule has 0 aromatic carbocycles. The molecule has 0 saturated carbocycles. The molecular weight excluding hydrogens is 170 g/mol. The number of nitrogens with zero attached hydrogens (tertiary/aromatic N) is 1. The van der Waals surface area contributed by atoms with Crippen molar-refractivity contribution in [1.82, 2.24) is 0 Å². The lowest BCUT2D eigenvalue weighted by molar-refractivity contribution is -0.139. The summed E-state index contributed by atoms with van der Waals surface area (Å²) in [5.41, 5.74) is 0. The molecule has 0 aliphatic rings. The van der Waals surface area contributed by atoms with Gasteiger partial charge < -0.3 is 9.47 Å². The Morgan fingerprint density at radius 2 is 2.27 bits per heavy atom. The van der Waals surface area contributed by atoms with Gasteiger partial charge in [-0.25, -0.2) is 0 Å². The predicted octanol–water partition coefficient (Wildman–Crippen LogP) is 1.14. The minimum Gasteiger partial charge on any atom is -0.480 e. The molecule has 5 heteroatoms. The summed E-state index contributed by atoms with van der Waals surface area (Å²) >= 11 is 5.10. The second-order valence-corrected chi connectivity index (χ2v) is 1.83. The van der Waals surface area contributed by atoms with Crippen molar-refractivity contribution < 1.29 is 14.3 Å². The number of rotatable bonds is 3. The van der Waals surface area contributed by atoms with Crippen LogP contribution in [0.4, 0.5) is 0 Å². The molecule has 64 valence electrons. The summed E-state index contributed by atoms with van der Waals surface area (Å²) in [6, 6.07) is 0. The maximum atomic E-state index is 10.6. The fourth-order valence-electron chi connectivity index (χ4n) is 0.468. The quantitative estimate of drug-likeness (QED) is 0.371. The second-order valence-electron chi connectivity index (χ2n) is 1.66. The van der Waals surface area contributed by atoms with Crippen LogP contribution in [-0.4, -0.2) is 25.6 Å². The number of methoxy groups -OCH3 is 1. The van der Waals surface area contributed by atoms with Crippen LogP contribution in [0.2, 0.25) is 0 Å². The molecule has 4 nitrogen and oxygen atoms in total. The summed E-state index contributed by atoms with van der Waals surface area (Å²) in [7, 11) is 1.29. The van der Waals surface area contributed by atoms with Crippen molar-refractivity contribution in [2.24, 2.45) is 4.51 Å². The second kappa shape index (κ2) is 5.97. The molecule has 0 radical (unpaired) electrons. The van der Waals surface area contributed by atoms with Crippen LogP contribution >= 0.6 is 11.8 Å². The number of carbonyl (C=O) groups is 1. The predicted molar refractivity (Wildman–Crippen MR) is 41.5 cm³/mol. The lowest BCUT2D eigenvalue weighted by atomic mass is 10.4. The van der Waals surface area contributed by atoms with E-state index in [0.717, 1.165) is 0 Å². The van der Waals surface area contributed by atoms with Crippen molar-refractivity contribution in [2.45, 2.75) is 13.3 Å². The first kappa shape index (κ1) is 10.2. The Labute approximate surface area is 70.3 Å². The summed E-state index contributed by atoms with van der Waals surface area (Å²) < 4.78 is 12.5. The van der Waals surface area contributed by atoms with Gasteiger partial charge >= 0.3 is 5.97 Å². The van der Waals surface area contributed by atoms with Gasteiger partial charge in [0.15, 0.2) is 0 Å². The van der Waals surface area contributed by atoms with Gasteiger partial charge in [0.1, 0.15) is 6.42 Å². The average Bonchev–Trinajstić information content (AvgIpc) is 2.03. The first-order valence-electron chi connectivity index (χ1n) is 3.12. The molecule has 0 spiro atoms. The van der Waals surface area contributed by atoms with Gasteiger partial charge in [-0.05, 0) is 6.92 Å². The molecule has 0 amide bonds. The number of carbonyl (C=O) groups excluding carboxylic acids is 1. The highest BCUT2D eigenvalue weighted by molar-refractivity contribution is 6.20. The van der Waals surface area contributed by atoms with E-state index in [0.29, 0.717) is 6.61 Å². The topological polar surface area (TPSA) is 47.9 Å². The highest BCUT2D eigenvalue weighted by Crippen LogP contribution is 1.94. The molecule has 0 N–H and O–H groups in total. The normalized spacial score (nSPS) is 11.0. The molecule has 0 fully saturated rings. The Morgan fingerprint density at radius 3 is 2.64 bits per heavy atom. The largest absolute Gasteiger partial charge is 0.480 e. The van der Waals surface area contributed by atoms with Crippen LogP contribution in [0, 0.1) is 0 Å². The Bertz CT molecular complexity index is 158. The molecule has 0 bridgehead atoms. The fourth-order valence-corrected chi connectivity index (χ4v) is 0.576. The standard InChI is InChI=1S/C6H10ClNO3/c1-3-11-5(8-7)4-6(9)10-2/h3-4H2,1-2H3. The van der Waals surface area contributed by atoms with E-state index in [2.05, 4.69) is 9.25 Å². The molecule has 0 aliphatic carbocycles. The van der Waals surface area contributed by atoms with Crippen LogP contribution in [0.5, 0.6) is 0 Å². The molecule has 11 heavy (non-hydrogen) atoms. The highest BCUT2D eigenvalue weighted by atomic mass is 35.5. The van der Waals surface area contributed by atoms with Crippen molar-refractivity contribution in [3.8, 4) is 0 Å².